The first-order valence-electron chi connectivity index (χ1n) is 10.5. The van der Waals surface area contributed by atoms with E-state index in [1.54, 1.807) is 0 Å². The van der Waals surface area contributed by atoms with E-state index >= 15 is 0 Å². The second kappa shape index (κ2) is 7.44. The van der Waals surface area contributed by atoms with Crippen LogP contribution in [0.4, 0.5) is 5.82 Å². The maximum Gasteiger partial charge on any atom is 0.163 e. The van der Waals surface area contributed by atoms with Crippen LogP contribution in [0.1, 0.15) is 49.0 Å². The van der Waals surface area contributed by atoms with E-state index in [0.29, 0.717) is 11.4 Å². The molecular weight excluding hydrogens is 394 g/mol. The van der Waals surface area contributed by atoms with Gasteiger partial charge in [-0.05, 0) is 55.0 Å². The number of rotatable bonds is 3. The van der Waals surface area contributed by atoms with E-state index in [-0.39, 0.29) is 11.8 Å². The summed E-state index contributed by atoms with van der Waals surface area (Å²) in [7, 11) is 0. The van der Waals surface area contributed by atoms with Crippen molar-refractivity contribution in [2.45, 2.75) is 45.6 Å². The lowest BCUT2D eigenvalue weighted by molar-refractivity contribution is -0.116. The molecule has 5 rings (SSSR count). The van der Waals surface area contributed by atoms with Gasteiger partial charge in [0.25, 0.3) is 0 Å². The van der Waals surface area contributed by atoms with Gasteiger partial charge in [-0.25, -0.2) is 4.68 Å². The summed E-state index contributed by atoms with van der Waals surface area (Å²) in [5.41, 5.74) is 7.35. The highest BCUT2D eigenvalue weighted by molar-refractivity contribution is 6.30. The summed E-state index contributed by atoms with van der Waals surface area (Å²) in [6, 6.07) is 16.2. The van der Waals surface area contributed by atoms with Crippen LogP contribution in [0.25, 0.3) is 11.1 Å². The van der Waals surface area contributed by atoms with Crippen molar-refractivity contribution in [2.75, 3.05) is 5.32 Å². The molecule has 0 unspecified atom stereocenters. The Morgan fingerprint density at radius 3 is 2.53 bits per heavy atom. The third-order valence-corrected chi connectivity index (χ3v) is 6.42. The third kappa shape index (κ3) is 3.07. The standard InChI is InChI=1S/C25H24ClN3O/c1-3-16-7-9-18(10-8-16)24-23-20(5-4-6-21(23)30)27-25-22(15(2)28-29(24)25)17-11-13-19(26)14-12-17/h7-14,24,27H,3-6H2,1-2H3/t24-/m0/s1. The number of aromatic nitrogens is 2. The van der Waals surface area contributed by atoms with Crippen LogP contribution in [0.3, 0.4) is 0 Å². The van der Waals surface area contributed by atoms with E-state index < -0.39 is 0 Å². The molecule has 0 saturated heterocycles. The summed E-state index contributed by atoms with van der Waals surface area (Å²) in [5.74, 6) is 1.17. The van der Waals surface area contributed by atoms with Crippen molar-refractivity contribution >= 4 is 23.2 Å². The molecule has 0 bridgehead atoms. The Balaban J connectivity index is 1.71. The predicted molar refractivity (Wildman–Crippen MR) is 121 cm³/mol. The highest BCUT2D eigenvalue weighted by Gasteiger charge is 2.37. The molecule has 1 aliphatic heterocycles. The number of carbonyl (C=O) groups is 1. The highest BCUT2D eigenvalue weighted by atomic mass is 35.5. The molecule has 2 heterocycles. The first-order valence-corrected chi connectivity index (χ1v) is 10.9. The number of fused-ring (bicyclic) bond motifs is 1. The average molecular weight is 418 g/mol. The van der Waals surface area contributed by atoms with Gasteiger partial charge < -0.3 is 5.32 Å². The Morgan fingerprint density at radius 1 is 1.10 bits per heavy atom. The highest BCUT2D eigenvalue weighted by Crippen LogP contribution is 2.45. The fourth-order valence-corrected chi connectivity index (χ4v) is 4.76. The minimum absolute atomic E-state index is 0.199. The van der Waals surface area contributed by atoms with Crippen molar-refractivity contribution in [1.82, 2.24) is 9.78 Å². The summed E-state index contributed by atoms with van der Waals surface area (Å²) in [5, 5.41) is 9.20. The number of nitrogens with zero attached hydrogens (tertiary/aromatic N) is 2. The van der Waals surface area contributed by atoms with E-state index in [1.165, 1.54) is 5.56 Å². The maximum atomic E-state index is 13.0. The Kier molecular flexibility index (Phi) is 4.75. The minimum atomic E-state index is -0.199. The first-order chi connectivity index (χ1) is 14.6. The molecule has 0 fully saturated rings. The predicted octanol–water partition coefficient (Wildman–Crippen LogP) is 6.10. The zero-order chi connectivity index (χ0) is 20.8. The number of Topliss-reactive ketones (excluding diaryl/α,β-unsaturated/α-hetero) is 1. The van der Waals surface area contributed by atoms with Gasteiger partial charge in [0.1, 0.15) is 11.9 Å². The summed E-state index contributed by atoms with van der Waals surface area (Å²) in [6.07, 6.45) is 3.36. The second-order valence-corrected chi connectivity index (χ2v) is 8.49. The molecular formula is C25H24ClN3O. The quantitative estimate of drug-likeness (QED) is 0.560. The molecule has 0 amide bonds. The lowest BCUT2D eigenvalue weighted by Gasteiger charge is -2.33. The van der Waals surface area contributed by atoms with Gasteiger partial charge in [-0.1, -0.05) is 54.9 Å². The molecule has 4 nitrogen and oxygen atoms in total. The van der Waals surface area contributed by atoms with Crippen LogP contribution in [0, 0.1) is 6.92 Å². The molecule has 1 atom stereocenters. The smallest absolute Gasteiger partial charge is 0.163 e. The Morgan fingerprint density at radius 2 is 1.83 bits per heavy atom. The largest absolute Gasteiger partial charge is 0.343 e. The van der Waals surface area contributed by atoms with Crippen LogP contribution in [0.5, 0.6) is 0 Å². The van der Waals surface area contributed by atoms with Crippen LogP contribution >= 0.6 is 11.6 Å². The number of ketones is 1. The molecule has 5 heteroatoms. The summed E-state index contributed by atoms with van der Waals surface area (Å²) < 4.78 is 2.00. The molecule has 152 valence electrons. The zero-order valence-electron chi connectivity index (χ0n) is 17.2. The SMILES string of the molecule is CCc1ccc([C@H]2C3=C(CCCC3=O)Nc3c(-c4ccc(Cl)cc4)c(C)nn32)cc1. The van der Waals surface area contributed by atoms with Gasteiger partial charge in [0.05, 0.1) is 5.69 Å². The van der Waals surface area contributed by atoms with Crippen LogP contribution in [0.2, 0.25) is 5.02 Å². The van der Waals surface area contributed by atoms with Gasteiger partial charge in [-0.15, -0.1) is 0 Å². The Labute approximate surface area is 181 Å². The van der Waals surface area contributed by atoms with E-state index in [9.17, 15) is 4.79 Å². The fourth-order valence-electron chi connectivity index (χ4n) is 4.64. The summed E-state index contributed by atoms with van der Waals surface area (Å²) in [4.78, 5) is 13.0. The molecule has 3 aromatic rings. The molecule has 30 heavy (non-hydrogen) atoms. The van der Waals surface area contributed by atoms with E-state index in [1.807, 2.05) is 35.9 Å². The molecule has 1 aliphatic carbocycles. The van der Waals surface area contributed by atoms with Crippen molar-refractivity contribution in [3.63, 3.8) is 0 Å². The Hall–Kier alpha value is -2.85. The minimum Gasteiger partial charge on any atom is -0.343 e. The molecule has 0 radical (unpaired) electrons. The number of halogens is 1. The van der Waals surface area contributed by atoms with Crippen molar-refractivity contribution < 1.29 is 4.79 Å². The second-order valence-electron chi connectivity index (χ2n) is 8.05. The van der Waals surface area contributed by atoms with Crippen LogP contribution < -0.4 is 5.32 Å². The molecule has 2 aliphatic rings. The maximum absolute atomic E-state index is 13.0. The topological polar surface area (TPSA) is 46.9 Å². The van der Waals surface area contributed by atoms with Gasteiger partial charge in [0, 0.05) is 28.3 Å². The number of anilines is 1. The molecule has 0 saturated carbocycles. The molecule has 1 aromatic heterocycles. The first kappa shape index (κ1) is 19.1. The van der Waals surface area contributed by atoms with E-state index in [2.05, 4.69) is 36.5 Å². The van der Waals surface area contributed by atoms with Crippen LogP contribution in [0.15, 0.2) is 59.8 Å². The van der Waals surface area contributed by atoms with Crippen molar-refractivity contribution in [3.8, 4) is 11.1 Å². The number of hydrogen-bond acceptors (Lipinski definition) is 3. The molecule has 2 aromatic carbocycles. The van der Waals surface area contributed by atoms with Crippen molar-refractivity contribution in [2.24, 2.45) is 0 Å². The number of aryl methyl sites for hydroxylation is 2. The average Bonchev–Trinajstić information content (AvgIpc) is 3.08. The van der Waals surface area contributed by atoms with Crippen LogP contribution in [-0.2, 0) is 11.2 Å². The normalized spacial score (nSPS) is 18.1. The third-order valence-electron chi connectivity index (χ3n) is 6.17. The van der Waals surface area contributed by atoms with E-state index in [4.69, 9.17) is 16.7 Å². The number of allylic oxidation sites excluding steroid dienone is 2. The molecule has 0 spiro atoms. The lowest BCUT2D eigenvalue weighted by Crippen LogP contribution is -2.31. The summed E-state index contributed by atoms with van der Waals surface area (Å²) in [6.45, 7) is 4.17. The van der Waals surface area contributed by atoms with E-state index in [0.717, 1.165) is 58.7 Å². The molecule has 1 N–H and O–H groups in total. The van der Waals surface area contributed by atoms with Gasteiger partial charge in [0.15, 0.2) is 5.78 Å². The summed E-state index contributed by atoms with van der Waals surface area (Å²) >= 11 is 6.11. The Bertz CT molecular complexity index is 1160. The van der Waals surface area contributed by atoms with Gasteiger partial charge in [-0.3, -0.25) is 4.79 Å². The van der Waals surface area contributed by atoms with Crippen LogP contribution in [-0.4, -0.2) is 15.6 Å². The number of benzene rings is 2. The van der Waals surface area contributed by atoms with Crippen molar-refractivity contribution in [1.29, 1.82) is 0 Å². The number of carbonyl (C=O) groups excluding carboxylic acids is 1. The fraction of sp³-hybridized carbons (Fsp3) is 0.280. The van der Waals surface area contributed by atoms with Gasteiger partial charge in [0.2, 0.25) is 0 Å². The van der Waals surface area contributed by atoms with Gasteiger partial charge in [-0.2, -0.15) is 5.10 Å². The van der Waals surface area contributed by atoms with Gasteiger partial charge >= 0.3 is 0 Å². The number of hydrogen-bond donors (Lipinski definition) is 1. The zero-order valence-corrected chi connectivity index (χ0v) is 18.0. The van der Waals surface area contributed by atoms with Crippen molar-refractivity contribution in [3.05, 3.63) is 81.6 Å². The monoisotopic (exact) mass is 417 g/mol. The lowest BCUT2D eigenvalue weighted by atomic mass is 9.85. The number of nitrogens with one attached hydrogen (secondary N) is 1.